The number of carboxylic acid groups (broad SMARTS) is 1. The van der Waals surface area contributed by atoms with Gasteiger partial charge in [0.25, 0.3) is 0 Å². The molecule has 0 aliphatic carbocycles. The maximum Gasteiger partial charge on any atom is 0.306 e. The van der Waals surface area contributed by atoms with Crippen LogP contribution in [0.5, 0.6) is 11.5 Å². The van der Waals surface area contributed by atoms with E-state index in [4.69, 9.17) is 14.6 Å². The van der Waals surface area contributed by atoms with Crippen LogP contribution < -0.4 is 9.47 Å². The molecule has 0 unspecified atom stereocenters. The van der Waals surface area contributed by atoms with Crippen molar-refractivity contribution in [3.05, 3.63) is 24.3 Å². The van der Waals surface area contributed by atoms with Crippen LogP contribution in [-0.4, -0.2) is 24.3 Å². The third-order valence-electron chi connectivity index (χ3n) is 1.72. The monoisotopic (exact) mass is 210 g/mol. The molecule has 1 N–H and O–H groups in total. The standard InChI is InChI=1S/C11H14O4/c1-2-14-9-5-3-4-6-10(9)15-8-7-11(12)13/h3-6H,2,7-8H2,1H3,(H,12,13). The molecule has 0 amide bonds. The van der Waals surface area contributed by atoms with Gasteiger partial charge >= 0.3 is 5.97 Å². The molecule has 0 saturated carbocycles. The van der Waals surface area contributed by atoms with Crippen LogP contribution in [0, 0.1) is 0 Å². The Kier molecular flexibility index (Phi) is 4.47. The van der Waals surface area contributed by atoms with Gasteiger partial charge in [-0.05, 0) is 19.1 Å². The SMILES string of the molecule is CCOc1ccccc1OCCC(=O)O. The van der Waals surface area contributed by atoms with E-state index < -0.39 is 5.97 Å². The Balaban J connectivity index is 2.55. The van der Waals surface area contributed by atoms with E-state index in [1.807, 2.05) is 19.1 Å². The molecule has 0 atom stereocenters. The van der Waals surface area contributed by atoms with Gasteiger partial charge in [-0.25, -0.2) is 0 Å². The zero-order valence-electron chi connectivity index (χ0n) is 8.60. The van der Waals surface area contributed by atoms with Gasteiger partial charge in [0.05, 0.1) is 19.6 Å². The number of hydrogen-bond donors (Lipinski definition) is 1. The van der Waals surface area contributed by atoms with Crippen molar-refractivity contribution in [3.8, 4) is 11.5 Å². The number of carboxylic acids is 1. The lowest BCUT2D eigenvalue weighted by atomic mass is 10.3. The van der Waals surface area contributed by atoms with E-state index in [9.17, 15) is 4.79 Å². The van der Waals surface area contributed by atoms with Crippen molar-refractivity contribution in [3.63, 3.8) is 0 Å². The molecule has 1 aromatic carbocycles. The minimum Gasteiger partial charge on any atom is -0.490 e. The Bertz CT molecular complexity index is 322. The number of benzene rings is 1. The number of para-hydroxylation sites is 2. The second-order valence-corrected chi connectivity index (χ2v) is 2.87. The van der Waals surface area contributed by atoms with Gasteiger partial charge in [-0.2, -0.15) is 0 Å². The molecule has 4 heteroatoms. The number of aliphatic carboxylic acids is 1. The molecule has 0 heterocycles. The van der Waals surface area contributed by atoms with Crippen LogP contribution in [0.4, 0.5) is 0 Å². The highest BCUT2D eigenvalue weighted by Crippen LogP contribution is 2.26. The van der Waals surface area contributed by atoms with Crippen molar-refractivity contribution >= 4 is 5.97 Å². The zero-order valence-corrected chi connectivity index (χ0v) is 8.60. The topological polar surface area (TPSA) is 55.8 Å². The maximum absolute atomic E-state index is 10.3. The lowest BCUT2D eigenvalue weighted by molar-refractivity contribution is -0.137. The molecule has 82 valence electrons. The summed E-state index contributed by atoms with van der Waals surface area (Å²) in [7, 11) is 0. The van der Waals surface area contributed by atoms with Crippen LogP contribution >= 0.6 is 0 Å². The molecule has 15 heavy (non-hydrogen) atoms. The molecule has 1 rings (SSSR count). The van der Waals surface area contributed by atoms with Crippen molar-refractivity contribution in [2.45, 2.75) is 13.3 Å². The Hall–Kier alpha value is -1.71. The Morgan fingerprint density at radius 3 is 2.40 bits per heavy atom. The molecule has 0 radical (unpaired) electrons. The Morgan fingerprint density at radius 1 is 1.27 bits per heavy atom. The van der Waals surface area contributed by atoms with Crippen LogP contribution in [0.1, 0.15) is 13.3 Å². The summed E-state index contributed by atoms with van der Waals surface area (Å²) in [6.45, 7) is 2.59. The first-order chi connectivity index (χ1) is 7.24. The number of carbonyl (C=O) groups is 1. The number of hydrogen-bond acceptors (Lipinski definition) is 3. The maximum atomic E-state index is 10.3. The van der Waals surface area contributed by atoms with E-state index in [2.05, 4.69) is 0 Å². The average molecular weight is 210 g/mol. The van der Waals surface area contributed by atoms with Crippen molar-refractivity contribution < 1.29 is 19.4 Å². The van der Waals surface area contributed by atoms with Gasteiger partial charge in [-0.3, -0.25) is 4.79 Å². The Morgan fingerprint density at radius 2 is 1.87 bits per heavy atom. The first-order valence-corrected chi connectivity index (χ1v) is 4.80. The first kappa shape index (κ1) is 11.4. The highest BCUT2D eigenvalue weighted by atomic mass is 16.5. The van der Waals surface area contributed by atoms with Crippen LogP contribution in [0.25, 0.3) is 0 Å². The summed E-state index contributed by atoms with van der Waals surface area (Å²) >= 11 is 0. The predicted molar refractivity (Wildman–Crippen MR) is 55.4 cm³/mol. The van der Waals surface area contributed by atoms with Gasteiger partial charge in [0.2, 0.25) is 0 Å². The highest BCUT2D eigenvalue weighted by Gasteiger charge is 2.04. The van der Waals surface area contributed by atoms with Crippen molar-refractivity contribution in [1.29, 1.82) is 0 Å². The zero-order chi connectivity index (χ0) is 11.1. The van der Waals surface area contributed by atoms with Crippen molar-refractivity contribution in [2.75, 3.05) is 13.2 Å². The van der Waals surface area contributed by atoms with Gasteiger partial charge in [0.15, 0.2) is 11.5 Å². The average Bonchev–Trinajstić information content (AvgIpc) is 2.20. The molecule has 0 aliphatic heterocycles. The second kappa shape index (κ2) is 5.90. The molecule has 0 bridgehead atoms. The van der Waals surface area contributed by atoms with E-state index in [1.54, 1.807) is 12.1 Å². The summed E-state index contributed by atoms with van der Waals surface area (Å²) < 4.78 is 10.6. The summed E-state index contributed by atoms with van der Waals surface area (Å²) in [5.74, 6) is 0.356. The minimum absolute atomic E-state index is 0.0134. The van der Waals surface area contributed by atoms with E-state index in [0.29, 0.717) is 18.1 Å². The van der Waals surface area contributed by atoms with E-state index >= 15 is 0 Å². The molecule has 4 nitrogen and oxygen atoms in total. The molecule has 0 aromatic heterocycles. The highest BCUT2D eigenvalue weighted by molar-refractivity contribution is 5.66. The summed E-state index contributed by atoms with van der Waals surface area (Å²) in [4.78, 5) is 10.3. The van der Waals surface area contributed by atoms with Gasteiger partial charge in [0.1, 0.15) is 0 Å². The Labute approximate surface area is 88.4 Å². The van der Waals surface area contributed by atoms with Crippen LogP contribution in [0.3, 0.4) is 0 Å². The van der Waals surface area contributed by atoms with Crippen LogP contribution in [-0.2, 0) is 4.79 Å². The summed E-state index contributed by atoms with van der Waals surface area (Å²) in [5.41, 5.74) is 0. The largest absolute Gasteiger partial charge is 0.490 e. The third kappa shape index (κ3) is 3.89. The number of ether oxygens (including phenoxy) is 2. The molecule has 0 spiro atoms. The van der Waals surface area contributed by atoms with E-state index in [1.165, 1.54) is 0 Å². The first-order valence-electron chi connectivity index (χ1n) is 4.80. The summed E-state index contributed by atoms with van der Waals surface area (Å²) in [6.07, 6.45) is -0.0134. The fourth-order valence-corrected chi connectivity index (χ4v) is 1.09. The van der Waals surface area contributed by atoms with Crippen LogP contribution in [0.2, 0.25) is 0 Å². The predicted octanol–water partition coefficient (Wildman–Crippen LogP) is 1.94. The summed E-state index contributed by atoms with van der Waals surface area (Å²) in [6, 6.07) is 7.21. The smallest absolute Gasteiger partial charge is 0.306 e. The van der Waals surface area contributed by atoms with Gasteiger partial charge in [-0.1, -0.05) is 12.1 Å². The molecular formula is C11H14O4. The van der Waals surface area contributed by atoms with Gasteiger partial charge < -0.3 is 14.6 Å². The van der Waals surface area contributed by atoms with E-state index in [0.717, 1.165) is 0 Å². The molecular weight excluding hydrogens is 196 g/mol. The van der Waals surface area contributed by atoms with Crippen molar-refractivity contribution in [1.82, 2.24) is 0 Å². The normalized spacial score (nSPS) is 9.67. The van der Waals surface area contributed by atoms with Crippen LogP contribution in [0.15, 0.2) is 24.3 Å². The molecule has 0 fully saturated rings. The molecule has 1 aromatic rings. The van der Waals surface area contributed by atoms with Gasteiger partial charge in [-0.15, -0.1) is 0 Å². The lowest BCUT2D eigenvalue weighted by Gasteiger charge is -2.10. The fourth-order valence-electron chi connectivity index (χ4n) is 1.09. The van der Waals surface area contributed by atoms with Gasteiger partial charge in [0, 0.05) is 0 Å². The lowest BCUT2D eigenvalue weighted by Crippen LogP contribution is -2.05. The van der Waals surface area contributed by atoms with E-state index in [-0.39, 0.29) is 13.0 Å². The van der Waals surface area contributed by atoms with Crippen molar-refractivity contribution in [2.24, 2.45) is 0 Å². The third-order valence-corrected chi connectivity index (χ3v) is 1.72. The quantitative estimate of drug-likeness (QED) is 0.779. The molecule has 0 aliphatic rings. The molecule has 0 saturated heterocycles. The second-order valence-electron chi connectivity index (χ2n) is 2.87. The minimum atomic E-state index is -0.871. The number of rotatable bonds is 6. The summed E-state index contributed by atoms with van der Waals surface area (Å²) in [5, 5.41) is 8.45. The fraction of sp³-hybridized carbons (Fsp3) is 0.364.